The van der Waals surface area contributed by atoms with Crippen LogP contribution >= 0.6 is 8.19 Å². The largest absolute Gasteiger partial charge is 0.464 e. The van der Waals surface area contributed by atoms with Gasteiger partial charge < -0.3 is 4.42 Å². The molecule has 0 amide bonds. The molecule has 0 radical (unpaired) electrons. The van der Waals surface area contributed by atoms with Crippen LogP contribution in [0.4, 0.5) is 0 Å². The Bertz CT molecular complexity index is 641. The zero-order valence-electron chi connectivity index (χ0n) is 8.50. The summed E-state index contributed by atoms with van der Waals surface area (Å²) >= 11 is 0. The van der Waals surface area contributed by atoms with Crippen molar-refractivity contribution in [3.8, 4) is 0 Å². The molecule has 0 N–H and O–H groups in total. The zero-order valence-corrected chi connectivity index (χ0v) is 9.50. The molecule has 2 aromatic heterocycles. The topological polar surface area (TPSA) is 13.1 Å². The first kappa shape index (κ1) is 8.82. The fourth-order valence-electron chi connectivity index (χ4n) is 2.04. The molecule has 0 bridgehead atoms. The fourth-order valence-corrected chi connectivity index (χ4v) is 3.18. The summed E-state index contributed by atoms with van der Waals surface area (Å²) in [5.41, 5.74) is 3.87. The third-order valence-electron chi connectivity index (χ3n) is 2.71. The molecule has 1 aliphatic carbocycles. The normalized spacial score (nSPS) is 14.7. The number of rotatable bonds is 1. The van der Waals surface area contributed by atoms with Crippen LogP contribution < -0.4 is 9.90 Å². The minimum absolute atomic E-state index is 0.736. The smallest absolute Gasteiger partial charge is 0.134 e. The summed E-state index contributed by atoms with van der Waals surface area (Å²) in [5, 5.41) is 0. The second-order valence-electron chi connectivity index (χ2n) is 3.80. The average Bonchev–Trinajstić information content (AvgIpc) is 2.85. The van der Waals surface area contributed by atoms with E-state index in [2.05, 4.69) is 25.6 Å². The van der Waals surface area contributed by atoms with Gasteiger partial charge in [0.2, 0.25) is 0 Å². The molecule has 2 aromatic rings. The second-order valence-corrected chi connectivity index (χ2v) is 5.19. The van der Waals surface area contributed by atoms with E-state index in [-0.39, 0.29) is 0 Å². The SMILES string of the molecule is C=c1cc2c([pH]1)=C(C)C=C2c1ccco1. The van der Waals surface area contributed by atoms with Crippen LogP contribution in [0.3, 0.4) is 0 Å². The molecule has 0 saturated heterocycles. The molecule has 2 heteroatoms. The van der Waals surface area contributed by atoms with Crippen LogP contribution in [0.5, 0.6) is 0 Å². The highest BCUT2D eigenvalue weighted by atomic mass is 31.0. The van der Waals surface area contributed by atoms with E-state index in [0.717, 1.165) is 14.0 Å². The van der Waals surface area contributed by atoms with E-state index in [1.807, 2.05) is 12.1 Å². The van der Waals surface area contributed by atoms with Gasteiger partial charge >= 0.3 is 0 Å². The van der Waals surface area contributed by atoms with E-state index >= 15 is 0 Å². The van der Waals surface area contributed by atoms with Gasteiger partial charge in [0, 0.05) is 10.5 Å². The van der Waals surface area contributed by atoms with E-state index in [4.69, 9.17) is 4.42 Å². The van der Waals surface area contributed by atoms with Gasteiger partial charge in [-0.3, -0.25) is 0 Å². The number of fused-ring (bicyclic) bond motifs is 1. The number of furan rings is 1. The molecule has 1 aliphatic rings. The van der Waals surface area contributed by atoms with Crippen LogP contribution in [0, 0.1) is 0 Å². The molecule has 1 atom stereocenters. The van der Waals surface area contributed by atoms with E-state index in [1.165, 1.54) is 26.6 Å². The number of hydrogen-bond acceptors (Lipinski definition) is 1. The van der Waals surface area contributed by atoms with Crippen molar-refractivity contribution in [3.63, 3.8) is 0 Å². The standard InChI is InChI=1S/C13H11OP/c1-8-6-10(12-4-3-5-14-12)11-7-9(2)15-13(8)11/h3-7,15H,2H2,1H3. The molecule has 0 fully saturated rings. The molecule has 1 unspecified atom stereocenters. The monoisotopic (exact) mass is 214 g/mol. The van der Waals surface area contributed by atoms with Crippen LogP contribution in [0.15, 0.2) is 35.0 Å². The predicted octanol–water partition coefficient (Wildman–Crippen LogP) is 2.34. The van der Waals surface area contributed by atoms with Crippen molar-refractivity contribution >= 4 is 25.9 Å². The maximum atomic E-state index is 5.45. The molecular formula is C13H11OP. The summed E-state index contributed by atoms with van der Waals surface area (Å²) in [7, 11) is 0.736. The fraction of sp³-hybridized carbons (Fsp3) is 0.0769. The van der Waals surface area contributed by atoms with Crippen molar-refractivity contribution in [1.82, 2.24) is 0 Å². The lowest BCUT2D eigenvalue weighted by atomic mass is 10.1. The molecular weight excluding hydrogens is 203 g/mol. The van der Waals surface area contributed by atoms with Gasteiger partial charge in [0.1, 0.15) is 5.76 Å². The van der Waals surface area contributed by atoms with Crippen molar-refractivity contribution in [1.29, 1.82) is 0 Å². The van der Waals surface area contributed by atoms with Gasteiger partial charge in [0.25, 0.3) is 0 Å². The second kappa shape index (κ2) is 3.01. The van der Waals surface area contributed by atoms with Crippen LogP contribution in [0.1, 0.15) is 18.2 Å². The van der Waals surface area contributed by atoms with Gasteiger partial charge in [-0.15, -0.1) is 8.19 Å². The summed E-state index contributed by atoms with van der Waals surface area (Å²) in [4.78, 5) is 2.66. The van der Waals surface area contributed by atoms with Gasteiger partial charge in [0.15, 0.2) is 0 Å². The quantitative estimate of drug-likeness (QED) is 0.710. The molecule has 3 rings (SSSR count). The van der Waals surface area contributed by atoms with Gasteiger partial charge in [0.05, 0.1) is 6.26 Å². The lowest BCUT2D eigenvalue weighted by Gasteiger charge is -1.96. The first-order chi connectivity index (χ1) is 7.25. The molecule has 0 aliphatic heterocycles. The summed E-state index contributed by atoms with van der Waals surface area (Å²) in [5.74, 6) is 0.954. The lowest BCUT2D eigenvalue weighted by Crippen LogP contribution is -1.95. The summed E-state index contributed by atoms with van der Waals surface area (Å²) in [6.07, 6.45) is 3.93. The average molecular weight is 214 g/mol. The van der Waals surface area contributed by atoms with Crippen molar-refractivity contribution in [2.75, 3.05) is 0 Å². The van der Waals surface area contributed by atoms with Gasteiger partial charge in [-0.05, 0) is 47.3 Å². The highest BCUT2D eigenvalue weighted by Crippen LogP contribution is 2.28. The van der Waals surface area contributed by atoms with Crippen LogP contribution in [-0.4, -0.2) is 0 Å². The van der Waals surface area contributed by atoms with Crippen molar-refractivity contribution in [3.05, 3.63) is 51.8 Å². The van der Waals surface area contributed by atoms with Crippen molar-refractivity contribution in [2.45, 2.75) is 6.92 Å². The maximum absolute atomic E-state index is 5.45. The summed E-state index contributed by atoms with van der Waals surface area (Å²) in [6, 6.07) is 6.11. The highest BCUT2D eigenvalue weighted by Gasteiger charge is 2.16. The summed E-state index contributed by atoms with van der Waals surface area (Å²) in [6.45, 7) is 6.19. The number of allylic oxidation sites excluding steroid dienone is 1. The third kappa shape index (κ3) is 1.24. The molecule has 1 nitrogen and oxygen atoms in total. The van der Waals surface area contributed by atoms with E-state index < -0.39 is 0 Å². The molecule has 15 heavy (non-hydrogen) atoms. The number of hydrogen-bond donors (Lipinski definition) is 0. The third-order valence-corrected chi connectivity index (χ3v) is 4.08. The van der Waals surface area contributed by atoms with Gasteiger partial charge in [-0.2, -0.15) is 0 Å². The minimum Gasteiger partial charge on any atom is -0.464 e. The van der Waals surface area contributed by atoms with Crippen LogP contribution in [0.25, 0.3) is 17.7 Å². The maximum Gasteiger partial charge on any atom is 0.134 e. The summed E-state index contributed by atoms with van der Waals surface area (Å²) < 4.78 is 5.45. The first-order valence-electron chi connectivity index (χ1n) is 4.90. The Labute approximate surface area is 89.5 Å². The van der Waals surface area contributed by atoms with Crippen molar-refractivity contribution < 1.29 is 4.42 Å². The lowest BCUT2D eigenvalue weighted by molar-refractivity contribution is 0.554. The van der Waals surface area contributed by atoms with E-state index in [9.17, 15) is 0 Å². The zero-order chi connectivity index (χ0) is 10.4. The predicted molar refractivity (Wildman–Crippen MR) is 65.6 cm³/mol. The van der Waals surface area contributed by atoms with Crippen LogP contribution in [-0.2, 0) is 0 Å². The molecule has 74 valence electrons. The Morgan fingerprint density at radius 3 is 3.00 bits per heavy atom. The van der Waals surface area contributed by atoms with Crippen molar-refractivity contribution in [2.24, 2.45) is 0 Å². The van der Waals surface area contributed by atoms with E-state index in [1.54, 1.807) is 6.26 Å². The Kier molecular flexibility index (Phi) is 1.77. The molecule has 2 heterocycles. The van der Waals surface area contributed by atoms with Crippen LogP contribution in [0.2, 0.25) is 0 Å². The Morgan fingerprint density at radius 2 is 2.27 bits per heavy atom. The Hall–Kier alpha value is -1.46. The molecule has 0 spiro atoms. The Balaban J connectivity index is 2.27. The Morgan fingerprint density at radius 1 is 1.40 bits per heavy atom. The highest BCUT2D eigenvalue weighted by molar-refractivity contribution is 7.28. The first-order valence-corrected chi connectivity index (χ1v) is 5.90. The van der Waals surface area contributed by atoms with E-state index in [0.29, 0.717) is 0 Å². The minimum atomic E-state index is 0.736. The molecule has 0 saturated carbocycles. The molecule has 0 aromatic carbocycles. The van der Waals surface area contributed by atoms with Gasteiger partial charge in [-0.25, -0.2) is 0 Å². The van der Waals surface area contributed by atoms with Gasteiger partial charge in [-0.1, -0.05) is 6.58 Å².